The molecule has 0 spiro atoms. The Bertz CT molecular complexity index is 300. The van der Waals surface area contributed by atoms with E-state index in [0.717, 1.165) is 5.92 Å². The van der Waals surface area contributed by atoms with Gasteiger partial charge in [-0.15, -0.1) is 0 Å². The highest BCUT2D eigenvalue weighted by Gasteiger charge is 2.36. The van der Waals surface area contributed by atoms with Gasteiger partial charge in [0.2, 0.25) is 0 Å². The van der Waals surface area contributed by atoms with Gasteiger partial charge in [-0.25, -0.2) is 0 Å². The quantitative estimate of drug-likeness (QED) is 0.799. The number of benzene rings is 1. The topological polar surface area (TPSA) is 26.0 Å². The van der Waals surface area contributed by atoms with Crippen molar-refractivity contribution in [3.8, 4) is 0 Å². The van der Waals surface area contributed by atoms with Crippen LogP contribution in [0.1, 0.15) is 38.2 Å². The number of hydrogen-bond acceptors (Lipinski definition) is 1. The highest BCUT2D eigenvalue weighted by atomic mass is 14.7. The molecule has 1 aliphatic carbocycles. The van der Waals surface area contributed by atoms with Crippen molar-refractivity contribution in [1.29, 1.82) is 0 Å². The van der Waals surface area contributed by atoms with Gasteiger partial charge in [0.05, 0.1) is 0 Å². The molecule has 2 atom stereocenters. The minimum atomic E-state index is 0.305. The molecular weight excluding hydrogens is 182 g/mol. The van der Waals surface area contributed by atoms with Gasteiger partial charge in [0, 0.05) is 12.0 Å². The first kappa shape index (κ1) is 10.7. The van der Waals surface area contributed by atoms with Gasteiger partial charge in [-0.05, 0) is 30.2 Å². The lowest BCUT2D eigenvalue weighted by atomic mass is 9.82. The van der Waals surface area contributed by atoms with Gasteiger partial charge in [-0.2, -0.15) is 0 Å². The Hall–Kier alpha value is -0.820. The average molecular weight is 203 g/mol. The van der Waals surface area contributed by atoms with Gasteiger partial charge < -0.3 is 5.73 Å². The molecule has 2 unspecified atom stereocenters. The molecule has 0 radical (unpaired) electrons. The molecule has 2 rings (SSSR count). The summed E-state index contributed by atoms with van der Waals surface area (Å²) in [6.45, 7) is 4.45. The number of hydrogen-bond donors (Lipinski definition) is 1. The van der Waals surface area contributed by atoms with Crippen LogP contribution in [0.3, 0.4) is 0 Å². The van der Waals surface area contributed by atoms with Crippen LogP contribution in [0.15, 0.2) is 30.3 Å². The third-order valence-electron chi connectivity index (χ3n) is 3.50. The Morgan fingerprint density at radius 2 is 1.73 bits per heavy atom. The molecule has 0 amide bonds. The summed E-state index contributed by atoms with van der Waals surface area (Å²) in [5, 5.41) is 0. The molecule has 0 aliphatic heterocycles. The van der Waals surface area contributed by atoms with E-state index >= 15 is 0 Å². The Morgan fingerprint density at radius 1 is 1.13 bits per heavy atom. The second-order valence-electron chi connectivity index (χ2n) is 5.10. The molecule has 1 fully saturated rings. The zero-order valence-corrected chi connectivity index (χ0v) is 9.69. The highest BCUT2D eigenvalue weighted by Crippen LogP contribution is 2.45. The molecule has 1 aromatic rings. The summed E-state index contributed by atoms with van der Waals surface area (Å²) < 4.78 is 0. The molecule has 15 heavy (non-hydrogen) atoms. The third-order valence-corrected chi connectivity index (χ3v) is 3.50. The van der Waals surface area contributed by atoms with Crippen molar-refractivity contribution < 1.29 is 0 Å². The standard InChI is InChI=1S/C14H21N/c1-10(2)14(15)13(12-8-9-12)11-6-4-3-5-7-11/h3-7,10,12-14H,8-9,15H2,1-2H3. The smallest absolute Gasteiger partial charge is 0.0134 e. The number of nitrogens with two attached hydrogens (primary N) is 1. The van der Waals surface area contributed by atoms with E-state index in [1.165, 1.54) is 18.4 Å². The predicted octanol–water partition coefficient (Wildman–Crippen LogP) is 3.16. The molecule has 0 heterocycles. The van der Waals surface area contributed by atoms with Gasteiger partial charge in [-0.3, -0.25) is 0 Å². The van der Waals surface area contributed by atoms with E-state index in [2.05, 4.69) is 44.2 Å². The van der Waals surface area contributed by atoms with E-state index in [9.17, 15) is 0 Å². The molecule has 2 N–H and O–H groups in total. The summed E-state index contributed by atoms with van der Waals surface area (Å²) in [5.41, 5.74) is 7.77. The average Bonchev–Trinajstić information content (AvgIpc) is 3.04. The van der Waals surface area contributed by atoms with E-state index in [-0.39, 0.29) is 0 Å². The minimum Gasteiger partial charge on any atom is -0.327 e. The molecule has 0 saturated heterocycles. The molecule has 1 heteroatoms. The van der Waals surface area contributed by atoms with Crippen molar-refractivity contribution in [3.05, 3.63) is 35.9 Å². The maximum absolute atomic E-state index is 6.33. The summed E-state index contributed by atoms with van der Waals surface area (Å²) in [5.74, 6) is 1.98. The molecule has 0 bridgehead atoms. The van der Waals surface area contributed by atoms with Gasteiger partial charge in [0.1, 0.15) is 0 Å². The van der Waals surface area contributed by atoms with Crippen LogP contribution in [0.25, 0.3) is 0 Å². The van der Waals surface area contributed by atoms with E-state index in [1.54, 1.807) is 0 Å². The van der Waals surface area contributed by atoms with Gasteiger partial charge in [0.25, 0.3) is 0 Å². The van der Waals surface area contributed by atoms with Gasteiger partial charge >= 0.3 is 0 Å². The summed E-state index contributed by atoms with van der Waals surface area (Å²) in [6.07, 6.45) is 2.72. The van der Waals surface area contributed by atoms with Crippen LogP contribution in [0.5, 0.6) is 0 Å². The maximum Gasteiger partial charge on any atom is 0.0134 e. The normalized spacial score (nSPS) is 20.3. The first-order valence-corrected chi connectivity index (χ1v) is 6.00. The van der Waals surface area contributed by atoms with Gasteiger partial charge in [0.15, 0.2) is 0 Å². The first-order chi connectivity index (χ1) is 7.20. The molecular formula is C14H21N. The molecule has 1 aliphatic rings. The second-order valence-corrected chi connectivity index (χ2v) is 5.10. The molecule has 1 saturated carbocycles. The lowest BCUT2D eigenvalue weighted by Crippen LogP contribution is -2.34. The van der Waals surface area contributed by atoms with Crippen LogP contribution in [0.2, 0.25) is 0 Å². The lowest BCUT2D eigenvalue weighted by molar-refractivity contribution is 0.387. The zero-order chi connectivity index (χ0) is 10.8. The van der Waals surface area contributed by atoms with Gasteiger partial charge in [-0.1, -0.05) is 44.2 Å². The second kappa shape index (κ2) is 4.36. The van der Waals surface area contributed by atoms with Crippen molar-refractivity contribution in [2.24, 2.45) is 17.6 Å². The molecule has 82 valence electrons. The van der Waals surface area contributed by atoms with E-state index in [1.807, 2.05) is 0 Å². The summed E-state index contributed by atoms with van der Waals surface area (Å²) in [6, 6.07) is 11.1. The largest absolute Gasteiger partial charge is 0.327 e. The van der Waals surface area contributed by atoms with Crippen molar-refractivity contribution in [2.75, 3.05) is 0 Å². The first-order valence-electron chi connectivity index (χ1n) is 6.00. The SMILES string of the molecule is CC(C)C(N)C(c1ccccc1)C1CC1. The van der Waals surface area contributed by atoms with Crippen LogP contribution >= 0.6 is 0 Å². The van der Waals surface area contributed by atoms with E-state index in [0.29, 0.717) is 17.9 Å². The predicted molar refractivity (Wildman–Crippen MR) is 64.7 cm³/mol. The third kappa shape index (κ3) is 2.40. The van der Waals surface area contributed by atoms with Crippen LogP contribution in [-0.4, -0.2) is 6.04 Å². The molecule has 1 aromatic carbocycles. The summed E-state index contributed by atoms with van der Waals surface area (Å²) in [7, 11) is 0. The van der Waals surface area contributed by atoms with Crippen LogP contribution in [0.4, 0.5) is 0 Å². The Labute approximate surface area is 92.7 Å². The van der Waals surface area contributed by atoms with Crippen molar-refractivity contribution in [3.63, 3.8) is 0 Å². The van der Waals surface area contributed by atoms with E-state index < -0.39 is 0 Å². The number of rotatable bonds is 4. The van der Waals surface area contributed by atoms with Crippen LogP contribution in [-0.2, 0) is 0 Å². The molecule has 1 nitrogen and oxygen atoms in total. The minimum absolute atomic E-state index is 0.305. The summed E-state index contributed by atoms with van der Waals surface area (Å²) in [4.78, 5) is 0. The van der Waals surface area contributed by atoms with Crippen LogP contribution < -0.4 is 5.73 Å². The Balaban J connectivity index is 2.20. The van der Waals surface area contributed by atoms with Crippen molar-refractivity contribution >= 4 is 0 Å². The Morgan fingerprint density at radius 3 is 2.20 bits per heavy atom. The lowest BCUT2D eigenvalue weighted by Gasteiger charge is -2.27. The fourth-order valence-corrected chi connectivity index (χ4v) is 2.35. The Kier molecular flexibility index (Phi) is 3.11. The van der Waals surface area contributed by atoms with Crippen molar-refractivity contribution in [2.45, 2.75) is 38.6 Å². The zero-order valence-electron chi connectivity index (χ0n) is 9.69. The van der Waals surface area contributed by atoms with Crippen LogP contribution in [0, 0.1) is 11.8 Å². The fraction of sp³-hybridized carbons (Fsp3) is 0.571. The van der Waals surface area contributed by atoms with Crippen molar-refractivity contribution in [1.82, 2.24) is 0 Å². The van der Waals surface area contributed by atoms with E-state index in [4.69, 9.17) is 5.73 Å². The fourth-order valence-electron chi connectivity index (χ4n) is 2.35. The maximum atomic E-state index is 6.33. The highest BCUT2D eigenvalue weighted by molar-refractivity contribution is 5.23. The molecule has 0 aromatic heterocycles. The summed E-state index contributed by atoms with van der Waals surface area (Å²) >= 11 is 0. The monoisotopic (exact) mass is 203 g/mol.